The standard InChI is InChI=1S/C19H23FN2O2/c1-12-8-16(9-13(2)22-12)14-6-7-15(17(20)10-14)11-21-18(23)24-19(3,4)5/h6-10H,11H2,1-5H3,(H,21,23). The summed E-state index contributed by atoms with van der Waals surface area (Å²) in [5.74, 6) is -0.365. The van der Waals surface area contributed by atoms with Gasteiger partial charge in [-0.3, -0.25) is 4.98 Å². The van der Waals surface area contributed by atoms with Gasteiger partial charge < -0.3 is 10.1 Å². The van der Waals surface area contributed by atoms with E-state index in [2.05, 4.69) is 10.3 Å². The first-order valence-corrected chi connectivity index (χ1v) is 7.85. The number of halogens is 1. The molecule has 0 spiro atoms. The number of carbonyl (C=O) groups is 1. The number of carbonyl (C=O) groups excluding carboxylic acids is 1. The predicted molar refractivity (Wildman–Crippen MR) is 92.2 cm³/mol. The van der Waals surface area contributed by atoms with Gasteiger partial charge in [-0.05, 0) is 63.9 Å². The van der Waals surface area contributed by atoms with Crippen molar-refractivity contribution in [2.24, 2.45) is 0 Å². The smallest absolute Gasteiger partial charge is 0.407 e. The van der Waals surface area contributed by atoms with Gasteiger partial charge in [-0.2, -0.15) is 0 Å². The van der Waals surface area contributed by atoms with E-state index in [1.807, 2.05) is 32.0 Å². The van der Waals surface area contributed by atoms with E-state index in [9.17, 15) is 9.18 Å². The molecule has 0 fully saturated rings. The third-order valence-electron chi connectivity index (χ3n) is 3.29. The first-order chi connectivity index (χ1) is 11.1. The van der Waals surface area contributed by atoms with E-state index in [1.54, 1.807) is 26.8 Å². The minimum Gasteiger partial charge on any atom is -0.444 e. The maximum atomic E-state index is 14.3. The van der Waals surface area contributed by atoms with Crippen LogP contribution in [0.2, 0.25) is 0 Å². The van der Waals surface area contributed by atoms with Gasteiger partial charge in [0.05, 0.1) is 0 Å². The molecule has 1 N–H and O–H groups in total. The zero-order chi connectivity index (χ0) is 17.9. The van der Waals surface area contributed by atoms with Gasteiger partial charge in [0, 0.05) is 23.5 Å². The fourth-order valence-electron chi connectivity index (χ4n) is 2.35. The van der Waals surface area contributed by atoms with E-state index < -0.39 is 11.7 Å². The van der Waals surface area contributed by atoms with Crippen LogP contribution in [0, 0.1) is 19.7 Å². The highest BCUT2D eigenvalue weighted by Gasteiger charge is 2.16. The maximum Gasteiger partial charge on any atom is 0.407 e. The second-order valence-electron chi connectivity index (χ2n) is 6.80. The van der Waals surface area contributed by atoms with Gasteiger partial charge in [0.2, 0.25) is 0 Å². The quantitative estimate of drug-likeness (QED) is 0.899. The number of hydrogen-bond donors (Lipinski definition) is 1. The van der Waals surface area contributed by atoms with Crippen LogP contribution in [0.4, 0.5) is 9.18 Å². The molecule has 5 heteroatoms. The van der Waals surface area contributed by atoms with Crippen molar-refractivity contribution in [3.8, 4) is 11.1 Å². The molecular formula is C19H23FN2O2. The third-order valence-corrected chi connectivity index (χ3v) is 3.29. The molecule has 0 aliphatic heterocycles. The molecule has 0 unspecified atom stereocenters. The molecule has 0 saturated heterocycles. The zero-order valence-corrected chi connectivity index (χ0v) is 14.7. The van der Waals surface area contributed by atoms with E-state index in [1.165, 1.54) is 6.07 Å². The fourth-order valence-corrected chi connectivity index (χ4v) is 2.35. The van der Waals surface area contributed by atoms with Crippen molar-refractivity contribution in [1.82, 2.24) is 10.3 Å². The van der Waals surface area contributed by atoms with Gasteiger partial charge in [-0.15, -0.1) is 0 Å². The topological polar surface area (TPSA) is 51.2 Å². The number of rotatable bonds is 3. The molecule has 0 aliphatic carbocycles. The number of pyridine rings is 1. The monoisotopic (exact) mass is 330 g/mol. The van der Waals surface area contributed by atoms with Gasteiger partial charge in [-0.1, -0.05) is 12.1 Å². The Hall–Kier alpha value is -2.43. The molecule has 0 bridgehead atoms. The van der Waals surface area contributed by atoms with E-state index in [0.717, 1.165) is 22.5 Å². The van der Waals surface area contributed by atoms with Gasteiger partial charge in [-0.25, -0.2) is 9.18 Å². The van der Waals surface area contributed by atoms with Crippen molar-refractivity contribution in [1.29, 1.82) is 0 Å². The Labute approximate surface area is 142 Å². The van der Waals surface area contributed by atoms with Gasteiger partial charge in [0.15, 0.2) is 0 Å². The number of ether oxygens (including phenoxy) is 1. The number of benzene rings is 1. The highest BCUT2D eigenvalue weighted by molar-refractivity contribution is 5.68. The van der Waals surface area contributed by atoms with Crippen LogP contribution < -0.4 is 5.32 Å². The molecule has 1 amide bonds. The molecule has 2 rings (SSSR count). The molecule has 0 radical (unpaired) electrons. The summed E-state index contributed by atoms with van der Waals surface area (Å²) in [5, 5.41) is 2.56. The Morgan fingerprint density at radius 1 is 1.12 bits per heavy atom. The number of nitrogens with zero attached hydrogens (tertiary/aromatic N) is 1. The Morgan fingerprint density at radius 3 is 2.29 bits per heavy atom. The molecule has 24 heavy (non-hydrogen) atoms. The number of aryl methyl sites for hydroxylation is 2. The number of alkyl carbamates (subject to hydrolysis) is 1. The summed E-state index contributed by atoms with van der Waals surface area (Å²) >= 11 is 0. The molecule has 128 valence electrons. The highest BCUT2D eigenvalue weighted by atomic mass is 19.1. The predicted octanol–water partition coefficient (Wildman–Crippen LogP) is 4.53. The summed E-state index contributed by atoms with van der Waals surface area (Å²) in [5.41, 5.74) is 3.31. The fraction of sp³-hybridized carbons (Fsp3) is 0.368. The molecule has 0 atom stereocenters. The average Bonchev–Trinajstić information content (AvgIpc) is 2.43. The SMILES string of the molecule is Cc1cc(-c2ccc(CNC(=O)OC(C)(C)C)c(F)c2)cc(C)n1. The summed E-state index contributed by atoms with van der Waals surface area (Å²) in [6.45, 7) is 9.23. The Bertz CT molecular complexity index is 731. The molecule has 0 aliphatic rings. The van der Waals surface area contributed by atoms with Crippen molar-refractivity contribution in [2.75, 3.05) is 0 Å². The molecule has 1 heterocycles. The van der Waals surface area contributed by atoms with Crippen molar-refractivity contribution in [3.05, 3.63) is 53.1 Å². The first kappa shape index (κ1) is 17.9. The molecule has 2 aromatic rings. The van der Waals surface area contributed by atoms with Gasteiger partial charge in [0.25, 0.3) is 0 Å². The summed E-state index contributed by atoms with van der Waals surface area (Å²) in [6.07, 6.45) is -0.564. The van der Waals surface area contributed by atoms with E-state index >= 15 is 0 Å². The highest BCUT2D eigenvalue weighted by Crippen LogP contribution is 2.23. The second-order valence-corrected chi connectivity index (χ2v) is 6.80. The third kappa shape index (κ3) is 5.05. The zero-order valence-electron chi connectivity index (χ0n) is 14.7. The lowest BCUT2D eigenvalue weighted by Crippen LogP contribution is -2.32. The maximum absolute atomic E-state index is 14.3. The lowest BCUT2D eigenvalue weighted by atomic mass is 10.0. The Morgan fingerprint density at radius 2 is 1.75 bits per heavy atom. The van der Waals surface area contributed by atoms with Crippen LogP contribution in [0.15, 0.2) is 30.3 Å². The van der Waals surface area contributed by atoms with Crippen molar-refractivity contribution < 1.29 is 13.9 Å². The lowest BCUT2D eigenvalue weighted by molar-refractivity contribution is 0.0523. The minimum atomic E-state index is -0.580. The number of aromatic nitrogens is 1. The van der Waals surface area contributed by atoms with Crippen LogP contribution in [0.5, 0.6) is 0 Å². The summed E-state index contributed by atoms with van der Waals surface area (Å²) < 4.78 is 19.5. The summed E-state index contributed by atoms with van der Waals surface area (Å²) in [7, 11) is 0. The molecule has 4 nitrogen and oxygen atoms in total. The number of hydrogen-bond acceptors (Lipinski definition) is 3. The molecular weight excluding hydrogens is 307 g/mol. The second kappa shape index (κ2) is 6.99. The molecule has 1 aromatic carbocycles. The van der Waals surface area contributed by atoms with E-state index in [4.69, 9.17) is 4.74 Å². The first-order valence-electron chi connectivity index (χ1n) is 7.85. The van der Waals surface area contributed by atoms with Crippen LogP contribution in [-0.4, -0.2) is 16.7 Å². The molecule has 0 saturated carbocycles. The summed E-state index contributed by atoms with van der Waals surface area (Å²) in [4.78, 5) is 16.0. The van der Waals surface area contributed by atoms with Crippen LogP contribution in [0.3, 0.4) is 0 Å². The van der Waals surface area contributed by atoms with E-state index in [0.29, 0.717) is 5.56 Å². The van der Waals surface area contributed by atoms with E-state index in [-0.39, 0.29) is 12.4 Å². The Balaban J connectivity index is 2.11. The Kier molecular flexibility index (Phi) is 5.22. The minimum absolute atomic E-state index is 0.0788. The van der Waals surface area contributed by atoms with Crippen LogP contribution >= 0.6 is 0 Å². The van der Waals surface area contributed by atoms with Gasteiger partial charge >= 0.3 is 6.09 Å². The average molecular weight is 330 g/mol. The van der Waals surface area contributed by atoms with Crippen molar-refractivity contribution in [3.63, 3.8) is 0 Å². The summed E-state index contributed by atoms with van der Waals surface area (Å²) in [6, 6.07) is 8.82. The molecule has 1 aromatic heterocycles. The van der Waals surface area contributed by atoms with Crippen LogP contribution in [-0.2, 0) is 11.3 Å². The largest absolute Gasteiger partial charge is 0.444 e. The lowest BCUT2D eigenvalue weighted by Gasteiger charge is -2.19. The van der Waals surface area contributed by atoms with Crippen LogP contribution in [0.25, 0.3) is 11.1 Å². The van der Waals surface area contributed by atoms with Crippen molar-refractivity contribution in [2.45, 2.75) is 46.8 Å². The van der Waals surface area contributed by atoms with Crippen molar-refractivity contribution >= 4 is 6.09 Å². The number of nitrogens with one attached hydrogen (secondary N) is 1. The van der Waals surface area contributed by atoms with Crippen LogP contribution in [0.1, 0.15) is 37.7 Å². The normalized spacial score (nSPS) is 11.2. The van der Waals surface area contributed by atoms with Gasteiger partial charge in [0.1, 0.15) is 11.4 Å². The number of amides is 1.